The Morgan fingerprint density at radius 3 is 2.86 bits per heavy atom. The van der Waals surface area contributed by atoms with Crippen molar-refractivity contribution < 1.29 is 18.7 Å². The van der Waals surface area contributed by atoms with E-state index >= 15 is 0 Å². The fourth-order valence-electron chi connectivity index (χ4n) is 2.35. The minimum atomic E-state index is -0.298. The van der Waals surface area contributed by atoms with E-state index in [1.165, 1.54) is 16.4 Å². The van der Waals surface area contributed by atoms with Gasteiger partial charge in [0.2, 0.25) is 17.7 Å². The number of thioether (sulfide) groups is 1. The summed E-state index contributed by atoms with van der Waals surface area (Å²) < 4.78 is 11.5. The number of methoxy groups -OCH3 is 1. The minimum absolute atomic E-state index is 0.0600. The van der Waals surface area contributed by atoms with Crippen LogP contribution in [0.2, 0.25) is 5.02 Å². The molecule has 0 spiro atoms. The molecule has 0 aliphatic carbocycles. The van der Waals surface area contributed by atoms with E-state index < -0.39 is 0 Å². The number of nitriles is 1. The molecule has 0 saturated carbocycles. The number of carbonyl (C=O) groups is 1. The van der Waals surface area contributed by atoms with Gasteiger partial charge in [0.25, 0.3) is 6.20 Å². The third-order valence-corrected chi connectivity index (χ3v) is 5.00. The smallest absolute Gasteiger partial charge is 0.302 e. The second-order valence-electron chi connectivity index (χ2n) is 5.83. The predicted octanol–water partition coefficient (Wildman–Crippen LogP) is 2.93. The molecule has 2 aromatic heterocycles. The van der Waals surface area contributed by atoms with Gasteiger partial charge in [-0.15, -0.1) is 0 Å². The minimum Gasteiger partial charge on any atom is -0.378 e. The van der Waals surface area contributed by atoms with Crippen LogP contribution in [-0.4, -0.2) is 35.6 Å². The van der Waals surface area contributed by atoms with Crippen LogP contribution >= 0.6 is 23.4 Å². The molecule has 0 aliphatic heterocycles. The Kier molecular flexibility index (Phi) is 7.19. The van der Waals surface area contributed by atoms with Crippen molar-refractivity contribution in [3.63, 3.8) is 0 Å². The van der Waals surface area contributed by atoms with E-state index in [0.29, 0.717) is 34.5 Å². The van der Waals surface area contributed by atoms with Gasteiger partial charge in [0.1, 0.15) is 17.7 Å². The molecule has 3 aromatic rings. The van der Waals surface area contributed by atoms with E-state index in [4.69, 9.17) is 20.9 Å². The molecule has 0 unspecified atom stereocenters. The molecule has 0 saturated heterocycles. The third kappa shape index (κ3) is 5.77. The van der Waals surface area contributed by atoms with E-state index in [-0.39, 0.29) is 17.5 Å². The van der Waals surface area contributed by atoms with Crippen LogP contribution < -0.4 is 10.00 Å². The second kappa shape index (κ2) is 10.0. The highest BCUT2D eigenvalue weighted by atomic mass is 35.5. The van der Waals surface area contributed by atoms with E-state index in [2.05, 4.69) is 21.6 Å². The lowest BCUT2D eigenvalue weighted by Crippen LogP contribution is -2.36. The van der Waals surface area contributed by atoms with Gasteiger partial charge >= 0.3 is 5.88 Å². The Bertz CT molecular complexity index is 1030. The summed E-state index contributed by atoms with van der Waals surface area (Å²) in [6.07, 6.45) is 1.57. The zero-order valence-corrected chi connectivity index (χ0v) is 17.0. The number of ether oxygens (including phenoxy) is 1. The Labute approximate surface area is 176 Å². The van der Waals surface area contributed by atoms with Crippen LogP contribution in [0.25, 0.3) is 11.3 Å². The number of halogens is 1. The Morgan fingerprint density at radius 1 is 1.34 bits per heavy atom. The summed E-state index contributed by atoms with van der Waals surface area (Å²) in [6, 6.07) is 12.8. The number of benzene rings is 1. The summed E-state index contributed by atoms with van der Waals surface area (Å²) in [5.41, 5.74) is 1.96. The van der Waals surface area contributed by atoms with Gasteiger partial charge in [-0.3, -0.25) is 14.6 Å². The molecule has 148 valence electrons. The molecule has 1 amide bonds. The lowest BCUT2D eigenvalue weighted by atomic mass is 10.1. The van der Waals surface area contributed by atoms with Crippen molar-refractivity contribution in [3.05, 3.63) is 53.2 Å². The topological polar surface area (TPSA) is 105 Å². The van der Waals surface area contributed by atoms with Crippen LogP contribution in [-0.2, 0) is 16.1 Å². The number of aromatic nitrogens is 3. The average Bonchev–Trinajstić information content (AvgIpc) is 3.18. The molecule has 0 atom stereocenters. The fourth-order valence-corrected chi connectivity index (χ4v) is 3.25. The normalized spacial score (nSPS) is 10.5. The maximum atomic E-state index is 12.2. The molecule has 0 bridgehead atoms. The molecule has 0 fully saturated rings. The molecule has 1 aromatic carbocycles. The number of nitrogens with zero attached hydrogens (tertiary/aromatic N) is 4. The SMILES string of the molecule is COCC[n+]1cc(NC(=O)CSc2nc(-c3ccc(Cl)cc3)ccc2C#N)on1. The molecule has 3 rings (SSSR count). The maximum Gasteiger partial charge on any atom is 0.302 e. The van der Waals surface area contributed by atoms with Gasteiger partial charge in [0.15, 0.2) is 0 Å². The molecular weight excluding hydrogens is 414 g/mol. The first-order chi connectivity index (χ1) is 14.1. The largest absolute Gasteiger partial charge is 0.378 e. The van der Waals surface area contributed by atoms with Gasteiger partial charge in [0.05, 0.1) is 17.0 Å². The van der Waals surface area contributed by atoms with Crippen molar-refractivity contribution in [2.45, 2.75) is 11.6 Å². The highest BCUT2D eigenvalue weighted by molar-refractivity contribution is 8.00. The molecule has 0 radical (unpaired) electrons. The van der Waals surface area contributed by atoms with Gasteiger partial charge in [-0.2, -0.15) is 5.26 Å². The zero-order valence-electron chi connectivity index (χ0n) is 15.5. The van der Waals surface area contributed by atoms with Gasteiger partial charge < -0.3 is 4.74 Å². The molecule has 2 heterocycles. The van der Waals surface area contributed by atoms with E-state index in [1.54, 1.807) is 37.6 Å². The first-order valence-electron chi connectivity index (χ1n) is 8.54. The summed E-state index contributed by atoms with van der Waals surface area (Å²) in [5.74, 6) is -0.00689. The van der Waals surface area contributed by atoms with Gasteiger partial charge in [-0.25, -0.2) is 4.98 Å². The summed E-state index contributed by atoms with van der Waals surface area (Å²) in [4.78, 5) is 16.7. The van der Waals surface area contributed by atoms with Crippen molar-refractivity contribution in [2.75, 3.05) is 24.8 Å². The highest BCUT2D eigenvalue weighted by Crippen LogP contribution is 2.26. The monoisotopic (exact) mass is 430 g/mol. The van der Waals surface area contributed by atoms with Crippen molar-refractivity contribution in [3.8, 4) is 17.3 Å². The van der Waals surface area contributed by atoms with E-state index in [0.717, 1.165) is 5.56 Å². The number of amides is 1. The number of anilines is 1. The van der Waals surface area contributed by atoms with Crippen molar-refractivity contribution in [2.24, 2.45) is 0 Å². The standard InChI is InChI=1S/C19H16ClN5O3S/c1-27-9-8-25-11-18(28-24-25)23-17(26)12-29-19-14(10-21)4-7-16(22-19)13-2-5-15(20)6-3-13/h2-7,11H,8-9,12H2,1H3/p+1. The number of pyridine rings is 1. The molecule has 0 aliphatic rings. The Balaban J connectivity index is 1.65. The van der Waals surface area contributed by atoms with Gasteiger partial charge in [-0.1, -0.05) is 35.5 Å². The predicted molar refractivity (Wildman–Crippen MR) is 107 cm³/mol. The molecule has 1 N–H and O–H groups in total. The van der Waals surface area contributed by atoms with Gasteiger partial charge in [0, 0.05) is 17.7 Å². The summed E-state index contributed by atoms with van der Waals surface area (Å²) in [7, 11) is 1.59. The van der Waals surface area contributed by atoms with Crippen LogP contribution in [0.5, 0.6) is 0 Å². The Hall–Kier alpha value is -2.93. The molecule has 8 nitrogen and oxygen atoms in total. The molecule has 10 heteroatoms. The first kappa shape index (κ1) is 20.8. The van der Waals surface area contributed by atoms with Crippen LogP contribution in [0.4, 0.5) is 5.88 Å². The van der Waals surface area contributed by atoms with Crippen LogP contribution in [0.1, 0.15) is 5.56 Å². The van der Waals surface area contributed by atoms with Crippen LogP contribution in [0.15, 0.2) is 52.1 Å². The van der Waals surface area contributed by atoms with Crippen molar-refractivity contribution >= 4 is 35.2 Å². The maximum absolute atomic E-state index is 12.2. The van der Waals surface area contributed by atoms with E-state index in [9.17, 15) is 10.1 Å². The van der Waals surface area contributed by atoms with Crippen LogP contribution in [0, 0.1) is 11.3 Å². The summed E-state index contributed by atoms with van der Waals surface area (Å²) >= 11 is 7.09. The number of hydrogen-bond acceptors (Lipinski definition) is 7. The van der Waals surface area contributed by atoms with Gasteiger partial charge in [-0.05, 0) is 28.9 Å². The van der Waals surface area contributed by atoms with Crippen molar-refractivity contribution in [1.82, 2.24) is 10.3 Å². The fraction of sp³-hybridized carbons (Fsp3) is 0.211. The number of nitrogens with one attached hydrogen (secondary N) is 1. The first-order valence-corrected chi connectivity index (χ1v) is 9.90. The summed E-state index contributed by atoms with van der Waals surface area (Å²) in [6.45, 7) is 0.991. The molecular formula is C19H17ClN5O3S+. The highest BCUT2D eigenvalue weighted by Gasteiger charge is 2.15. The number of hydrogen-bond donors (Lipinski definition) is 1. The van der Waals surface area contributed by atoms with E-state index in [1.807, 2.05) is 12.1 Å². The zero-order chi connectivity index (χ0) is 20.6. The lowest BCUT2D eigenvalue weighted by molar-refractivity contribution is -0.763. The summed E-state index contributed by atoms with van der Waals surface area (Å²) in [5, 5.41) is 16.8. The third-order valence-electron chi connectivity index (χ3n) is 3.76. The lowest BCUT2D eigenvalue weighted by Gasteiger charge is -2.06. The quantitative estimate of drug-likeness (QED) is 0.432. The number of carbonyl (C=O) groups excluding carboxylic acids is 1. The Morgan fingerprint density at radius 2 is 2.14 bits per heavy atom. The second-order valence-corrected chi connectivity index (χ2v) is 7.23. The number of rotatable bonds is 8. The molecule has 29 heavy (non-hydrogen) atoms. The van der Waals surface area contributed by atoms with Crippen molar-refractivity contribution in [1.29, 1.82) is 5.26 Å². The average molecular weight is 431 g/mol. The van der Waals surface area contributed by atoms with Crippen LogP contribution in [0.3, 0.4) is 0 Å².